The van der Waals surface area contributed by atoms with Crippen LogP contribution in [-0.4, -0.2) is 53.5 Å². The van der Waals surface area contributed by atoms with E-state index in [1.807, 2.05) is 0 Å². The van der Waals surface area contributed by atoms with Gasteiger partial charge < -0.3 is 14.9 Å². The number of aliphatic carboxylic acids is 1. The molecule has 0 spiro atoms. The van der Waals surface area contributed by atoms with E-state index >= 15 is 0 Å². The van der Waals surface area contributed by atoms with Gasteiger partial charge in [-0.1, -0.05) is 11.3 Å². The molecule has 43 heavy (non-hydrogen) atoms. The number of rotatable bonds is 7. The fourth-order valence-corrected chi connectivity index (χ4v) is 6.25. The second-order valence-corrected chi connectivity index (χ2v) is 11.8. The summed E-state index contributed by atoms with van der Waals surface area (Å²) in [6, 6.07) is 6.30. The molecule has 0 unspecified atom stereocenters. The molecule has 0 atom stereocenters. The first-order chi connectivity index (χ1) is 20.4. The number of carbonyl (C=O) groups is 1. The number of aromatic nitrogens is 5. The van der Waals surface area contributed by atoms with Crippen LogP contribution in [0.1, 0.15) is 50.7 Å². The molecule has 1 aromatic carbocycles. The summed E-state index contributed by atoms with van der Waals surface area (Å²) < 4.78 is 21.3. The van der Waals surface area contributed by atoms with Crippen molar-refractivity contribution in [2.45, 2.75) is 71.1 Å². The molecule has 228 valence electrons. The molecule has 3 heterocycles. The number of ether oxygens (including phenoxy) is 1. The molecule has 1 aliphatic carbocycles. The second-order valence-electron chi connectivity index (χ2n) is 10.8. The van der Waals surface area contributed by atoms with Gasteiger partial charge in [0.15, 0.2) is 0 Å². The predicted octanol–water partition coefficient (Wildman–Crippen LogP) is 3.39. The molecule has 12 nitrogen and oxygen atoms in total. The number of methoxy groups -OCH3 is 1. The Balaban J connectivity index is 0.000000403. The van der Waals surface area contributed by atoms with Crippen LogP contribution in [0.3, 0.4) is 0 Å². The molecule has 1 saturated carbocycles. The summed E-state index contributed by atoms with van der Waals surface area (Å²) in [7, 11) is 1.46. The number of carboxylic acid groups (broad SMARTS) is 1. The zero-order valence-electron chi connectivity index (χ0n) is 24.3. The highest BCUT2D eigenvalue weighted by atomic mass is 32.1. The van der Waals surface area contributed by atoms with Crippen LogP contribution in [0.25, 0.3) is 15.2 Å². The Morgan fingerprint density at radius 2 is 1.86 bits per heavy atom. The molecule has 0 amide bonds. The largest absolute Gasteiger partial charge is 0.496 e. The third kappa shape index (κ3) is 6.37. The van der Waals surface area contributed by atoms with Gasteiger partial charge in [0, 0.05) is 18.0 Å². The summed E-state index contributed by atoms with van der Waals surface area (Å²) in [6.07, 6.45) is 6.45. The zero-order valence-corrected chi connectivity index (χ0v) is 25.1. The number of thiophene rings is 1. The molecule has 5 rings (SSSR count). The number of nitrogens with zero attached hydrogens (tertiary/aromatic N) is 6. The lowest BCUT2D eigenvalue weighted by Crippen LogP contribution is -2.52. The van der Waals surface area contributed by atoms with Crippen molar-refractivity contribution in [2.24, 2.45) is 5.92 Å². The number of nitriles is 1. The average Bonchev–Trinajstić information content (AvgIpc) is 3.62. The quantitative estimate of drug-likeness (QED) is 0.318. The summed E-state index contributed by atoms with van der Waals surface area (Å²) >= 11 is 1.15. The Morgan fingerprint density at radius 1 is 1.21 bits per heavy atom. The number of fused-ring (bicyclic) bond motifs is 1. The average molecular weight is 613 g/mol. The molecule has 3 aromatic heterocycles. The number of aryl methyl sites for hydroxylation is 3. The van der Waals surface area contributed by atoms with E-state index in [1.165, 1.54) is 60.9 Å². The summed E-state index contributed by atoms with van der Waals surface area (Å²) in [6.45, 7) is 4.33. The van der Waals surface area contributed by atoms with Crippen molar-refractivity contribution in [1.29, 1.82) is 5.26 Å². The van der Waals surface area contributed by atoms with E-state index in [-0.39, 0.29) is 30.4 Å². The fraction of sp³-hybridized carbons (Fsp3) is 0.448. The number of carboxylic acids is 1. The van der Waals surface area contributed by atoms with Crippen molar-refractivity contribution in [3.63, 3.8) is 0 Å². The molecule has 0 saturated heterocycles. The summed E-state index contributed by atoms with van der Waals surface area (Å²) in [5, 5.41) is 36.2. The number of benzene rings is 1. The van der Waals surface area contributed by atoms with E-state index in [4.69, 9.17) is 15.1 Å². The minimum absolute atomic E-state index is 0.0526. The van der Waals surface area contributed by atoms with E-state index in [2.05, 4.69) is 16.3 Å². The maximum atomic E-state index is 13.9. The van der Waals surface area contributed by atoms with Crippen molar-refractivity contribution in [2.75, 3.05) is 7.11 Å². The van der Waals surface area contributed by atoms with Gasteiger partial charge in [0.25, 0.3) is 5.56 Å². The Bertz CT molecular complexity index is 1780. The molecule has 14 heteroatoms. The zero-order chi connectivity index (χ0) is 31.5. The van der Waals surface area contributed by atoms with Crippen LogP contribution in [0.2, 0.25) is 0 Å². The predicted molar refractivity (Wildman–Crippen MR) is 157 cm³/mol. The van der Waals surface area contributed by atoms with Crippen molar-refractivity contribution in [1.82, 2.24) is 24.1 Å². The van der Waals surface area contributed by atoms with Gasteiger partial charge in [-0.25, -0.2) is 18.5 Å². The van der Waals surface area contributed by atoms with Gasteiger partial charge >= 0.3 is 11.7 Å². The van der Waals surface area contributed by atoms with Crippen LogP contribution in [0.5, 0.6) is 5.75 Å². The normalized spacial score (nSPS) is 16.8. The van der Waals surface area contributed by atoms with Crippen molar-refractivity contribution < 1.29 is 24.1 Å². The van der Waals surface area contributed by atoms with E-state index < -0.39 is 28.6 Å². The molecular formula is C29H33FN6O6S. The molecule has 1 fully saturated rings. The SMILES string of the molecule is COc1ccc(F)cc1CCn1c(=O)n(C(C)(C)C(=O)O)c(=O)c2c(C)c(-n3nccn3)sc21.N#CC1CCC(O)CC1. The number of hydrogen-bond donors (Lipinski definition) is 2. The monoisotopic (exact) mass is 612 g/mol. The molecular weight excluding hydrogens is 579 g/mol. The van der Waals surface area contributed by atoms with E-state index in [0.717, 1.165) is 41.6 Å². The van der Waals surface area contributed by atoms with Crippen molar-refractivity contribution in [3.05, 3.63) is 68.4 Å². The lowest BCUT2D eigenvalue weighted by Gasteiger charge is -2.23. The van der Waals surface area contributed by atoms with Crippen LogP contribution in [0.15, 0.2) is 40.2 Å². The Hall–Kier alpha value is -4.35. The summed E-state index contributed by atoms with van der Waals surface area (Å²) in [4.78, 5) is 40.6. The molecule has 0 bridgehead atoms. The van der Waals surface area contributed by atoms with Gasteiger partial charge in [-0.3, -0.25) is 9.36 Å². The third-order valence-corrected chi connectivity index (χ3v) is 8.88. The van der Waals surface area contributed by atoms with Crippen molar-refractivity contribution >= 4 is 27.5 Å². The molecule has 1 aliphatic rings. The lowest BCUT2D eigenvalue weighted by atomic mass is 9.89. The van der Waals surface area contributed by atoms with Gasteiger partial charge in [-0.15, -0.1) is 4.80 Å². The van der Waals surface area contributed by atoms with Gasteiger partial charge in [0.05, 0.1) is 37.1 Å². The number of hydrogen-bond acceptors (Lipinski definition) is 9. The molecule has 0 aliphatic heterocycles. The summed E-state index contributed by atoms with van der Waals surface area (Å²) in [5.41, 5.74) is -2.24. The van der Waals surface area contributed by atoms with Crippen molar-refractivity contribution in [3.8, 4) is 16.8 Å². The lowest BCUT2D eigenvalue weighted by molar-refractivity contribution is -0.146. The fourth-order valence-electron chi connectivity index (χ4n) is 5.01. The van der Waals surface area contributed by atoms with Crippen LogP contribution < -0.4 is 16.0 Å². The maximum Gasteiger partial charge on any atom is 0.333 e. The summed E-state index contributed by atoms with van der Waals surface area (Å²) in [5.74, 6) is -1.11. The number of halogens is 1. The molecule has 4 aromatic rings. The minimum Gasteiger partial charge on any atom is -0.496 e. The van der Waals surface area contributed by atoms with Crippen LogP contribution in [-0.2, 0) is 23.3 Å². The Morgan fingerprint density at radius 3 is 2.44 bits per heavy atom. The van der Waals surface area contributed by atoms with Crippen LogP contribution >= 0.6 is 11.3 Å². The molecule has 0 radical (unpaired) electrons. The molecule has 2 N–H and O–H groups in total. The van der Waals surface area contributed by atoms with Crippen LogP contribution in [0, 0.1) is 30.0 Å². The minimum atomic E-state index is -1.81. The van der Waals surface area contributed by atoms with Gasteiger partial charge in [-0.2, -0.15) is 15.5 Å². The smallest absolute Gasteiger partial charge is 0.333 e. The second kappa shape index (κ2) is 12.9. The number of aliphatic hydroxyl groups excluding tert-OH is 1. The topological polar surface area (TPSA) is 165 Å². The third-order valence-electron chi connectivity index (χ3n) is 7.60. The van der Waals surface area contributed by atoms with Crippen LogP contribution in [0.4, 0.5) is 4.39 Å². The van der Waals surface area contributed by atoms with Gasteiger partial charge in [0.2, 0.25) is 0 Å². The van der Waals surface area contributed by atoms with Gasteiger partial charge in [-0.05, 0) is 76.6 Å². The first kappa shape index (κ1) is 31.6. The number of aliphatic hydroxyl groups is 1. The highest BCUT2D eigenvalue weighted by molar-refractivity contribution is 7.21. The van der Waals surface area contributed by atoms with E-state index in [0.29, 0.717) is 26.7 Å². The highest BCUT2D eigenvalue weighted by Gasteiger charge is 2.35. The first-order valence-corrected chi connectivity index (χ1v) is 14.5. The maximum absolute atomic E-state index is 13.9. The van der Waals surface area contributed by atoms with E-state index in [9.17, 15) is 23.9 Å². The Labute approximate surface area is 250 Å². The Kier molecular flexibility index (Phi) is 9.46. The van der Waals surface area contributed by atoms with Gasteiger partial charge in [0.1, 0.15) is 26.9 Å². The standard InChI is InChI=1S/C22H22FN5O5S.C7H11NO/c1-12-16-17(29)27(22(2,3)20(30)31)21(32)26(19(16)34-18(12)28-24-8-9-25-28)10-7-13-11-14(23)5-6-15(13)33-4;8-5-6-1-3-7(9)4-2-6/h5-6,8-9,11H,7,10H2,1-4H3,(H,30,31);6-7,9H,1-4H2. The van der Waals surface area contributed by atoms with E-state index in [1.54, 1.807) is 6.92 Å². The highest BCUT2D eigenvalue weighted by Crippen LogP contribution is 2.31. The first-order valence-electron chi connectivity index (χ1n) is 13.7.